The minimum absolute atomic E-state index is 0.831. The van der Waals surface area contributed by atoms with E-state index in [1.165, 1.54) is 38.9 Å². The highest BCUT2D eigenvalue weighted by Crippen LogP contribution is 2.43. The van der Waals surface area contributed by atoms with Crippen molar-refractivity contribution in [1.82, 2.24) is 0 Å². The van der Waals surface area contributed by atoms with Crippen LogP contribution in [0.5, 0.6) is 5.75 Å². The lowest BCUT2D eigenvalue weighted by atomic mass is 9.83. The fourth-order valence-electron chi connectivity index (χ4n) is 5.18. The molecule has 0 bridgehead atoms. The molecule has 1 N–H and O–H groups in total. The van der Waals surface area contributed by atoms with Crippen molar-refractivity contribution in [2.45, 2.75) is 73.1 Å². The van der Waals surface area contributed by atoms with Crippen molar-refractivity contribution in [2.75, 3.05) is 12.4 Å². The van der Waals surface area contributed by atoms with Gasteiger partial charge in [-0.2, -0.15) is 0 Å². The molecule has 0 amide bonds. The molecule has 2 aromatic rings. The van der Waals surface area contributed by atoms with Gasteiger partial charge in [0.1, 0.15) is 5.75 Å². The number of ether oxygens (including phenoxy) is 1. The van der Waals surface area contributed by atoms with E-state index < -0.39 is 0 Å². The van der Waals surface area contributed by atoms with E-state index in [9.17, 15) is 0 Å². The van der Waals surface area contributed by atoms with Crippen LogP contribution in [0.3, 0.4) is 0 Å². The second-order valence-electron chi connectivity index (χ2n) is 8.59. The van der Waals surface area contributed by atoms with E-state index in [2.05, 4.69) is 77.5 Å². The number of fused-ring (bicyclic) bond motifs is 1. The van der Waals surface area contributed by atoms with Crippen LogP contribution in [0.4, 0.5) is 5.69 Å². The molecule has 2 heteroatoms. The third-order valence-electron chi connectivity index (χ3n) is 6.80. The van der Waals surface area contributed by atoms with Gasteiger partial charge in [-0.25, -0.2) is 0 Å². The van der Waals surface area contributed by atoms with Gasteiger partial charge in [-0.05, 0) is 83.6 Å². The maximum atomic E-state index is 5.83. The Kier molecular flexibility index (Phi) is 7.66. The fraction of sp³-hybridized carbons (Fsp3) is 0.400. The lowest BCUT2D eigenvalue weighted by Gasteiger charge is -2.27. The normalized spacial score (nSPS) is 12.8. The monoisotopic (exact) mass is 429 g/mol. The average molecular weight is 430 g/mol. The van der Waals surface area contributed by atoms with Gasteiger partial charge in [-0.1, -0.05) is 59.9 Å². The Balaban J connectivity index is 1.97. The Hall–Kier alpha value is -2.74. The molecule has 0 aromatic heterocycles. The van der Waals surface area contributed by atoms with Crippen molar-refractivity contribution in [2.24, 2.45) is 0 Å². The lowest BCUT2D eigenvalue weighted by molar-refractivity contribution is 0.405. The summed E-state index contributed by atoms with van der Waals surface area (Å²) in [6.07, 6.45) is 7.99. The molecule has 0 unspecified atom stereocenters. The largest absolute Gasteiger partial charge is 0.496 e. The first-order valence-corrected chi connectivity index (χ1v) is 12.1. The van der Waals surface area contributed by atoms with Crippen molar-refractivity contribution in [3.05, 3.63) is 87.6 Å². The Bertz CT molecular complexity index is 1050. The van der Waals surface area contributed by atoms with E-state index in [1.54, 1.807) is 7.11 Å². The zero-order valence-electron chi connectivity index (χ0n) is 20.9. The fourth-order valence-corrected chi connectivity index (χ4v) is 5.18. The molecule has 170 valence electrons. The number of rotatable bonds is 9. The number of benzene rings is 2. The number of methoxy groups -OCH3 is 1. The van der Waals surface area contributed by atoms with Crippen LogP contribution in [0, 0.1) is 0 Å². The maximum Gasteiger partial charge on any atom is 0.125 e. The van der Waals surface area contributed by atoms with Crippen molar-refractivity contribution >= 4 is 11.3 Å². The Morgan fingerprint density at radius 3 is 1.94 bits per heavy atom. The smallest absolute Gasteiger partial charge is 0.125 e. The van der Waals surface area contributed by atoms with E-state index in [0.717, 1.165) is 66.7 Å². The first kappa shape index (κ1) is 23.9. The van der Waals surface area contributed by atoms with Gasteiger partial charge in [0.05, 0.1) is 7.11 Å². The van der Waals surface area contributed by atoms with Crippen LogP contribution in [0.15, 0.2) is 48.7 Å². The number of hydrogen-bond donors (Lipinski definition) is 1. The van der Waals surface area contributed by atoms with Gasteiger partial charge >= 0.3 is 0 Å². The van der Waals surface area contributed by atoms with E-state index in [4.69, 9.17) is 4.74 Å². The Labute approximate surface area is 195 Å². The minimum Gasteiger partial charge on any atom is -0.496 e. The number of nitrogens with one attached hydrogen (secondary N) is 1. The predicted molar refractivity (Wildman–Crippen MR) is 140 cm³/mol. The maximum absolute atomic E-state index is 5.83. The van der Waals surface area contributed by atoms with Gasteiger partial charge in [-0.3, -0.25) is 0 Å². The zero-order chi connectivity index (χ0) is 23.4. The van der Waals surface area contributed by atoms with Crippen LogP contribution in [0.1, 0.15) is 73.6 Å². The van der Waals surface area contributed by atoms with Crippen molar-refractivity contribution in [1.29, 1.82) is 0 Å². The summed E-state index contributed by atoms with van der Waals surface area (Å²) in [4.78, 5) is 0. The molecule has 2 aromatic carbocycles. The van der Waals surface area contributed by atoms with Crippen LogP contribution >= 0.6 is 0 Å². The highest BCUT2D eigenvalue weighted by Gasteiger charge is 2.24. The van der Waals surface area contributed by atoms with Crippen LogP contribution in [0.2, 0.25) is 0 Å². The molecule has 2 nitrogen and oxygen atoms in total. The van der Waals surface area contributed by atoms with Gasteiger partial charge in [0.2, 0.25) is 0 Å². The number of anilines is 1. The van der Waals surface area contributed by atoms with E-state index in [1.807, 2.05) is 0 Å². The van der Waals surface area contributed by atoms with Gasteiger partial charge < -0.3 is 10.1 Å². The molecule has 0 spiro atoms. The zero-order valence-corrected chi connectivity index (χ0v) is 20.9. The molecule has 1 aliphatic heterocycles. The SMILES string of the molecule is C=C(Cc1cc(CC)c(CC)c(CC)c1)C1=CNc2cc(CC)c(OC)c(CC)c2C1=C. The highest BCUT2D eigenvalue weighted by molar-refractivity contribution is 5.94. The van der Waals surface area contributed by atoms with Gasteiger partial charge in [0, 0.05) is 28.6 Å². The Morgan fingerprint density at radius 2 is 1.44 bits per heavy atom. The second kappa shape index (κ2) is 10.3. The van der Waals surface area contributed by atoms with Crippen LogP contribution in [0.25, 0.3) is 5.57 Å². The van der Waals surface area contributed by atoms with Crippen LogP contribution in [-0.4, -0.2) is 7.11 Å². The third-order valence-corrected chi connectivity index (χ3v) is 6.80. The number of allylic oxidation sites excluding steroid dienone is 3. The van der Waals surface area contributed by atoms with Crippen molar-refractivity contribution in [3.8, 4) is 5.75 Å². The first-order chi connectivity index (χ1) is 15.4. The molecule has 1 aliphatic rings. The molecular formula is C30H39NO. The lowest BCUT2D eigenvalue weighted by Crippen LogP contribution is -2.12. The number of hydrogen-bond acceptors (Lipinski definition) is 2. The molecule has 0 fully saturated rings. The summed E-state index contributed by atoms with van der Waals surface area (Å²) in [5.41, 5.74) is 13.8. The summed E-state index contributed by atoms with van der Waals surface area (Å²) in [5, 5.41) is 3.53. The second-order valence-corrected chi connectivity index (χ2v) is 8.59. The molecule has 1 heterocycles. The van der Waals surface area contributed by atoms with Crippen molar-refractivity contribution in [3.63, 3.8) is 0 Å². The summed E-state index contributed by atoms with van der Waals surface area (Å²) in [6.45, 7) is 20.1. The Morgan fingerprint density at radius 1 is 0.844 bits per heavy atom. The predicted octanol–water partition coefficient (Wildman–Crippen LogP) is 7.63. The summed E-state index contributed by atoms with van der Waals surface area (Å²) in [5.74, 6) is 0.999. The van der Waals surface area contributed by atoms with Crippen LogP contribution in [-0.2, 0) is 38.5 Å². The highest BCUT2D eigenvalue weighted by atomic mass is 16.5. The van der Waals surface area contributed by atoms with Crippen LogP contribution < -0.4 is 10.1 Å². The molecule has 3 rings (SSSR count). The summed E-state index contributed by atoms with van der Waals surface area (Å²) in [7, 11) is 1.77. The van der Waals surface area contributed by atoms with Gasteiger partial charge in [-0.15, -0.1) is 0 Å². The third kappa shape index (κ3) is 4.28. The molecule has 0 aliphatic carbocycles. The van der Waals surface area contributed by atoms with Crippen molar-refractivity contribution < 1.29 is 4.74 Å². The van der Waals surface area contributed by atoms with E-state index in [-0.39, 0.29) is 0 Å². The summed E-state index contributed by atoms with van der Waals surface area (Å²) < 4.78 is 5.83. The molecule has 0 atom stereocenters. The number of aryl methyl sites for hydroxylation is 3. The summed E-state index contributed by atoms with van der Waals surface area (Å²) in [6, 6.07) is 6.97. The van der Waals surface area contributed by atoms with Gasteiger partial charge in [0.25, 0.3) is 0 Å². The van der Waals surface area contributed by atoms with E-state index >= 15 is 0 Å². The molecule has 0 saturated carbocycles. The van der Waals surface area contributed by atoms with Gasteiger partial charge in [0.15, 0.2) is 0 Å². The summed E-state index contributed by atoms with van der Waals surface area (Å²) >= 11 is 0. The average Bonchev–Trinajstić information content (AvgIpc) is 2.81. The molecule has 0 saturated heterocycles. The minimum atomic E-state index is 0.831. The molecular weight excluding hydrogens is 390 g/mol. The molecule has 0 radical (unpaired) electrons. The first-order valence-electron chi connectivity index (χ1n) is 12.1. The van der Waals surface area contributed by atoms with E-state index in [0.29, 0.717) is 0 Å². The standard InChI is InChI=1S/C30H39NO/c1-9-22-15-21(16-23(10-2)25(22)12-4)14-19(6)27-18-31-28-17-24(11-3)30(32-8)26(13-5)29(28)20(27)7/h15-18,31H,6-7,9-14H2,1-5,8H3. The molecule has 32 heavy (non-hydrogen) atoms. The quantitative estimate of drug-likeness (QED) is 0.442. The topological polar surface area (TPSA) is 21.3 Å².